The van der Waals surface area contributed by atoms with E-state index in [9.17, 15) is 13.6 Å². The molecule has 0 spiro atoms. The van der Waals surface area contributed by atoms with Crippen molar-refractivity contribution in [3.8, 4) is 11.5 Å². The normalized spacial score (nSPS) is 15.6. The van der Waals surface area contributed by atoms with Crippen molar-refractivity contribution < 1.29 is 23.0 Å². The van der Waals surface area contributed by atoms with Gasteiger partial charge in [0.15, 0.2) is 6.10 Å². The maximum Gasteiger partial charge on any atom is 0.387 e. The van der Waals surface area contributed by atoms with E-state index in [4.69, 9.17) is 16.3 Å². The zero-order valence-electron chi connectivity index (χ0n) is 13.4. The molecule has 0 N–H and O–H groups in total. The van der Waals surface area contributed by atoms with E-state index < -0.39 is 12.7 Å². The molecule has 25 heavy (non-hydrogen) atoms. The van der Waals surface area contributed by atoms with E-state index in [1.165, 1.54) is 12.1 Å². The smallest absolute Gasteiger partial charge is 0.387 e. The molecule has 2 aromatic carbocycles. The van der Waals surface area contributed by atoms with Crippen LogP contribution in [-0.2, 0) is 17.8 Å². The number of fused-ring (bicyclic) bond motifs is 1. The van der Waals surface area contributed by atoms with Crippen molar-refractivity contribution in [2.75, 3.05) is 7.05 Å². The molecule has 0 fully saturated rings. The summed E-state index contributed by atoms with van der Waals surface area (Å²) in [5.41, 5.74) is 1.71. The van der Waals surface area contributed by atoms with E-state index in [1.807, 2.05) is 0 Å². The van der Waals surface area contributed by atoms with Crippen molar-refractivity contribution >= 4 is 17.5 Å². The molecule has 0 aliphatic carbocycles. The summed E-state index contributed by atoms with van der Waals surface area (Å²) in [5, 5.41) is 0.606. The molecule has 4 nitrogen and oxygen atoms in total. The van der Waals surface area contributed by atoms with Crippen LogP contribution in [0.5, 0.6) is 11.5 Å². The van der Waals surface area contributed by atoms with Crippen molar-refractivity contribution in [1.82, 2.24) is 4.90 Å². The topological polar surface area (TPSA) is 38.8 Å². The predicted octanol–water partition coefficient (Wildman–Crippen LogP) is 3.90. The fourth-order valence-corrected chi connectivity index (χ4v) is 2.92. The van der Waals surface area contributed by atoms with Gasteiger partial charge in [-0.25, -0.2) is 0 Å². The molecule has 1 atom stereocenters. The van der Waals surface area contributed by atoms with Gasteiger partial charge in [-0.15, -0.1) is 0 Å². The number of hydrogen-bond donors (Lipinski definition) is 0. The third-order valence-electron chi connectivity index (χ3n) is 3.92. The Labute approximate surface area is 148 Å². The Morgan fingerprint density at radius 3 is 2.72 bits per heavy atom. The molecular formula is C18H16ClF2NO3. The predicted molar refractivity (Wildman–Crippen MR) is 89.1 cm³/mol. The molecule has 1 unspecified atom stereocenters. The summed E-state index contributed by atoms with van der Waals surface area (Å²) in [6.45, 7) is -2.52. The second kappa shape index (κ2) is 7.27. The fourth-order valence-electron chi connectivity index (χ4n) is 2.73. The van der Waals surface area contributed by atoms with Crippen molar-refractivity contribution in [3.05, 3.63) is 58.6 Å². The van der Waals surface area contributed by atoms with E-state index in [2.05, 4.69) is 4.74 Å². The van der Waals surface area contributed by atoms with E-state index >= 15 is 0 Å². The maximum atomic E-state index is 12.6. The Kier molecular flexibility index (Phi) is 5.08. The molecule has 1 aliphatic heterocycles. The minimum Gasteiger partial charge on any atom is -0.480 e. The van der Waals surface area contributed by atoms with Crippen LogP contribution in [-0.4, -0.2) is 30.6 Å². The molecule has 0 aromatic heterocycles. The number of likely N-dealkylation sites (N-methyl/N-ethyl adjacent to an activating group) is 1. The van der Waals surface area contributed by atoms with Gasteiger partial charge in [0.2, 0.25) is 0 Å². The van der Waals surface area contributed by atoms with Gasteiger partial charge in [-0.2, -0.15) is 8.78 Å². The second-order valence-corrected chi connectivity index (χ2v) is 6.22. The lowest BCUT2D eigenvalue weighted by molar-refractivity contribution is -0.137. The highest BCUT2D eigenvalue weighted by Gasteiger charge is 2.31. The Morgan fingerprint density at radius 2 is 2.04 bits per heavy atom. The summed E-state index contributed by atoms with van der Waals surface area (Å²) in [5.74, 6) is 0.601. The van der Waals surface area contributed by atoms with E-state index in [0.717, 1.165) is 11.1 Å². The highest BCUT2D eigenvalue weighted by molar-refractivity contribution is 6.30. The van der Waals surface area contributed by atoms with Crippen LogP contribution in [0.25, 0.3) is 0 Å². The van der Waals surface area contributed by atoms with Crippen LogP contribution >= 0.6 is 11.6 Å². The standard InChI is InChI=1S/C18H16ClF2NO3/c1-22(10-11-2-5-14(6-3-11)24-18(20)21)17(23)16-9-12-8-13(19)4-7-15(12)25-16/h2-8,16,18H,9-10H2,1H3. The van der Waals surface area contributed by atoms with Crippen LogP contribution in [0.1, 0.15) is 11.1 Å². The van der Waals surface area contributed by atoms with Crippen LogP contribution in [0.2, 0.25) is 5.02 Å². The molecule has 1 amide bonds. The van der Waals surface area contributed by atoms with Crippen molar-refractivity contribution in [3.63, 3.8) is 0 Å². The zero-order chi connectivity index (χ0) is 18.0. The molecule has 0 radical (unpaired) electrons. The van der Waals surface area contributed by atoms with Crippen LogP contribution in [0, 0.1) is 0 Å². The Balaban J connectivity index is 1.60. The molecule has 132 valence electrons. The number of amides is 1. The number of carbonyl (C=O) groups excluding carboxylic acids is 1. The number of nitrogens with zero attached hydrogens (tertiary/aromatic N) is 1. The van der Waals surface area contributed by atoms with E-state index in [1.54, 1.807) is 42.3 Å². The molecule has 1 heterocycles. The molecule has 2 aromatic rings. The molecule has 0 saturated heterocycles. The van der Waals surface area contributed by atoms with Gasteiger partial charge in [0.05, 0.1) is 0 Å². The molecule has 0 bridgehead atoms. The van der Waals surface area contributed by atoms with Gasteiger partial charge in [0.1, 0.15) is 11.5 Å². The summed E-state index contributed by atoms with van der Waals surface area (Å²) in [6, 6.07) is 11.5. The Bertz CT molecular complexity index is 767. The van der Waals surface area contributed by atoms with Gasteiger partial charge in [-0.05, 0) is 41.5 Å². The molecular weight excluding hydrogens is 352 g/mol. The van der Waals surface area contributed by atoms with E-state index in [0.29, 0.717) is 23.7 Å². The Hall–Kier alpha value is -2.34. The summed E-state index contributed by atoms with van der Waals surface area (Å²) >= 11 is 5.96. The SMILES string of the molecule is CN(Cc1ccc(OC(F)F)cc1)C(=O)C1Cc2cc(Cl)ccc2O1. The van der Waals surface area contributed by atoms with Crippen LogP contribution in [0.3, 0.4) is 0 Å². The van der Waals surface area contributed by atoms with Gasteiger partial charge in [-0.3, -0.25) is 4.79 Å². The lowest BCUT2D eigenvalue weighted by Gasteiger charge is -2.21. The van der Waals surface area contributed by atoms with Gasteiger partial charge in [0.25, 0.3) is 5.91 Å². The average molecular weight is 368 g/mol. The maximum absolute atomic E-state index is 12.6. The number of alkyl halides is 2. The minimum atomic E-state index is -2.86. The highest BCUT2D eigenvalue weighted by atomic mass is 35.5. The highest BCUT2D eigenvalue weighted by Crippen LogP contribution is 2.31. The fraction of sp³-hybridized carbons (Fsp3) is 0.278. The third kappa shape index (κ3) is 4.20. The number of rotatable bonds is 5. The molecule has 3 rings (SSSR count). The third-order valence-corrected chi connectivity index (χ3v) is 4.15. The monoisotopic (exact) mass is 367 g/mol. The van der Waals surface area contributed by atoms with Crippen LogP contribution in [0.4, 0.5) is 8.78 Å². The summed E-state index contributed by atoms with van der Waals surface area (Å²) in [6.07, 6.45) is -0.111. The van der Waals surface area contributed by atoms with Gasteiger partial charge in [-0.1, -0.05) is 23.7 Å². The largest absolute Gasteiger partial charge is 0.480 e. The summed E-state index contributed by atoms with van der Waals surface area (Å²) in [4.78, 5) is 14.1. The first-order valence-corrected chi connectivity index (χ1v) is 8.04. The quantitative estimate of drug-likeness (QED) is 0.804. The van der Waals surface area contributed by atoms with E-state index in [-0.39, 0.29) is 11.7 Å². The minimum absolute atomic E-state index is 0.0826. The van der Waals surface area contributed by atoms with Gasteiger partial charge >= 0.3 is 6.61 Å². The van der Waals surface area contributed by atoms with Crippen LogP contribution in [0.15, 0.2) is 42.5 Å². The van der Waals surface area contributed by atoms with Crippen molar-refractivity contribution in [2.24, 2.45) is 0 Å². The number of carbonyl (C=O) groups is 1. The average Bonchev–Trinajstić information content (AvgIpc) is 2.98. The lowest BCUT2D eigenvalue weighted by Crippen LogP contribution is -2.38. The second-order valence-electron chi connectivity index (χ2n) is 5.78. The van der Waals surface area contributed by atoms with Crippen molar-refractivity contribution in [1.29, 1.82) is 0 Å². The Morgan fingerprint density at radius 1 is 1.32 bits per heavy atom. The molecule has 1 aliphatic rings. The zero-order valence-corrected chi connectivity index (χ0v) is 14.2. The number of halogens is 3. The summed E-state index contributed by atoms with van der Waals surface area (Å²) < 4.78 is 34.3. The van der Waals surface area contributed by atoms with Gasteiger partial charge < -0.3 is 14.4 Å². The van der Waals surface area contributed by atoms with Crippen LogP contribution < -0.4 is 9.47 Å². The molecule has 0 saturated carbocycles. The number of hydrogen-bond acceptors (Lipinski definition) is 3. The summed E-state index contributed by atoms with van der Waals surface area (Å²) in [7, 11) is 1.67. The molecule has 7 heteroatoms. The first-order valence-electron chi connectivity index (χ1n) is 7.66. The van der Waals surface area contributed by atoms with Gasteiger partial charge in [0, 0.05) is 25.0 Å². The van der Waals surface area contributed by atoms with Crippen molar-refractivity contribution in [2.45, 2.75) is 25.7 Å². The first-order chi connectivity index (χ1) is 11.9. The number of ether oxygens (including phenoxy) is 2. The first kappa shape index (κ1) is 17.5. The number of benzene rings is 2. The lowest BCUT2D eigenvalue weighted by atomic mass is 10.1.